The molecule has 0 saturated heterocycles. The molecule has 0 aromatic heterocycles. The summed E-state index contributed by atoms with van der Waals surface area (Å²) in [4.78, 5) is 0.330. The number of rotatable bonds is 6. The molecule has 0 unspecified atom stereocenters. The average molecular weight is 404 g/mol. The number of hydrogen-bond acceptors (Lipinski definition) is 4. The SMILES string of the molecule is COc1ccc2c(c1)OCCN2S(=O)(=O)c1ccc(C(C)C)c(CC(C)C)c1. The highest BCUT2D eigenvalue weighted by Gasteiger charge is 2.31. The first kappa shape index (κ1) is 20.5. The molecule has 2 aromatic carbocycles. The number of nitrogens with zero attached hydrogens (tertiary/aromatic N) is 1. The number of methoxy groups -OCH3 is 1. The maximum absolute atomic E-state index is 13.5. The van der Waals surface area contributed by atoms with Crippen LogP contribution in [0.3, 0.4) is 0 Å². The highest BCUT2D eigenvalue weighted by atomic mass is 32.2. The molecule has 28 heavy (non-hydrogen) atoms. The minimum atomic E-state index is -3.68. The van der Waals surface area contributed by atoms with Crippen LogP contribution in [0.25, 0.3) is 0 Å². The minimum absolute atomic E-state index is 0.285. The van der Waals surface area contributed by atoms with Crippen LogP contribution in [-0.4, -0.2) is 28.7 Å². The van der Waals surface area contributed by atoms with Crippen LogP contribution in [0.15, 0.2) is 41.3 Å². The zero-order valence-electron chi connectivity index (χ0n) is 17.2. The Morgan fingerprint density at radius 3 is 2.50 bits per heavy atom. The van der Waals surface area contributed by atoms with E-state index in [9.17, 15) is 8.42 Å². The van der Waals surface area contributed by atoms with Gasteiger partial charge in [0.2, 0.25) is 0 Å². The molecule has 0 spiro atoms. The van der Waals surface area contributed by atoms with Gasteiger partial charge in [-0.15, -0.1) is 0 Å². The zero-order chi connectivity index (χ0) is 20.5. The van der Waals surface area contributed by atoms with Gasteiger partial charge in [-0.1, -0.05) is 33.8 Å². The van der Waals surface area contributed by atoms with Crippen LogP contribution in [-0.2, 0) is 16.4 Å². The molecule has 6 heteroatoms. The quantitative estimate of drug-likeness (QED) is 0.707. The van der Waals surface area contributed by atoms with Crippen molar-refractivity contribution in [1.29, 1.82) is 0 Å². The molecule has 0 amide bonds. The lowest BCUT2D eigenvalue weighted by atomic mass is 9.92. The van der Waals surface area contributed by atoms with E-state index in [4.69, 9.17) is 9.47 Å². The molecule has 0 radical (unpaired) electrons. The maximum Gasteiger partial charge on any atom is 0.264 e. The molecule has 0 atom stereocenters. The number of ether oxygens (including phenoxy) is 2. The number of sulfonamides is 1. The van der Waals surface area contributed by atoms with Crippen molar-refractivity contribution >= 4 is 15.7 Å². The van der Waals surface area contributed by atoms with Crippen LogP contribution in [0.4, 0.5) is 5.69 Å². The molecule has 0 fully saturated rings. The van der Waals surface area contributed by atoms with Gasteiger partial charge in [0.25, 0.3) is 10.0 Å². The normalized spacial score (nSPS) is 14.2. The summed E-state index contributed by atoms with van der Waals surface area (Å²) in [6.07, 6.45) is 0.855. The lowest BCUT2D eigenvalue weighted by molar-refractivity contribution is 0.313. The lowest BCUT2D eigenvalue weighted by Gasteiger charge is -2.31. The van der Waals surface area contributed by atoms with Gasteiger partial charge in [-0.2, -0.15) is 0 Å². The molecule has 2 aromatic rings. The molecule has 3 rings (SSSR count). The van der Waals surface area contributed by atoms with Gasteiger partial charge in [0.1, 0.15) is 18.1 Å². The van der Waals surface area contributed by atoms with Crippen LogP contribution >= 0.6 is 0 Å². The van der Waals surface area contributed by atoms with Crippen LogP contribution in [0.1, 0.15) is 44.7 Å². The van der Waals surface area contributed by atoms with Crippen LogP contribution in [0.2, 0.25) is 0 Å². The van der Waals surface area contributed by atoms with Crippen molar-refractivity contribution in [2.24, 2.45) is 5.92 Å². The summed E-state index contributed by atoms with van der Waals surface area (Å²) < 4.78 is 39.3. The van der Waals surface area contributed by atoms with E-state index >= 15 is 0 Å². The van der Waals surface area contributed by atoms with Crippen molar-refractivity contribution in [2.75, 3.05) is 24.6 Å². The van der Waals surface area contributed by atoms with Crippen LogP contribution in [0, 0.1) is 5.92 Å². The molecular formula is C22H29NO4S. The molecule has 0 N–H and O–H groups in total. The summed E-state index contributed by atoms with van der Waals surface area (Å²) in [5.74, 6) is 1.96. The summed E-state index contributed by atoms with van der Waals surface area (Å²) in [6, 6.07) is 10.8. The van der Waals surface area contributed by atoms with Gasteiger partial charge in [-0.25, -0.2) is 8.42 Å². The van der Waals surface area contributed by atoms with Crippen molar-refractivity contribution in [3.05, 3.63) is 47.5 Å². The molecule has 1 heterocycles. The Morgan fingerprint density at radius 2 is 1.86 bits per heavy atom. The topological polar surface area (TPSA) is 55.8 Å². The highest BCUT2D eigenvalue weighted by molar-refractivity contribution is 7.92. The van der Waals surface area contributed by atoms with E-state index in [1.54, 1.807) is 31.4 Å². The number of benzene rings is 2. The molecule has 0 saturated carbocycles. The zero-order valence-corrected chi connectivity index (χ0v) is 18.0. The number of anilines is 1. The summed E-state index contributed by atoms with van der Waals surface area (Å²) in [6.45, 7) is 9.17. The van der Waals surface area contributed by atoms with E-state index < -0.39 is 10.0 Å². The Morgan fingerprint density at radius 1 is 1.11 bits per heavy atom. The van der Waals surface area contributed by atoms with E-state index in [0.29, 0.717) is 40.5 Å². The second-order valence-electron chi connectivity index (χ2n) is 7.87. The number of fused-ring (bicyclic) bond motifs is 1. The summed E-state index contributed by atoms with van der Waals surface area (Å²) in [5.41, 5.74) is 2.86. The van der Waals surface area contributed by atoms with Gasteiger partial charge >= 0.3 is 0 Å². The lowest BCUT2D eigenvalue weighted by Crippen LogP contribution is -2.38. The molecule has 0 bridgehead atoms. The minimum Gasteiger partial charge on any atom is -0.497 e. The molecule has 152 valence electrons. The highest BCUT2D eigenvalue weighted by Crippen LogP contribution is 2.38. The third kappa shape index (κ3) is 3.97. The first-order chi connectivity index (χ1) is 13.2. The van der Waals surface area contributed by atoms with Crippen molar-refractivity contribution in [1.82, 2.24) is 0 Å². The smallest absolute Gasteiger partial charge is 0.264 e. The molecule has 1 aliphatic heterocycles. The molecular weight excluding hydrogens is 374 g/mol. The summed E-state index contributed by atoms with van der Waals surface area (Å²) in [5, 5.41) is 0. The fourth-order valence-electron chi connectivity index (χ4n) is 3.60. The van der Waals surface area contributed by atoms with Gasteiger partial charge in [-0.3, -0.25) is 4.31 Å². The molecule has 5 nitrogen and oxygen atoms in total. The Balaban J connectivity index is 2.05. The standard InChI is InChI=1S/C22H29NO4S/c1-15(2)12-17-13-19(7-8-20(17)16(3)4)28(24,25)23-10-11-27-22-14-18(26-5)6-9-21(22)23/h6-9,13-16H,10-12H2,1-5H3. The van der Waals surface area contributed by atoms with Crippen molar-refractivity contribution in [3.8, 4) is 11.5 Å². The third-order valence-electron chi connectivity index (χ3n) is 4.94. The molecule has 1 aliphatic rings. The van der Waals surface area contributed by atoms with E-state index in [2.05, 4.69) is 27.7 Å². The van der Waals surface area contributed by atoms with Crippen molar-refractivity contribution < 1.29 is 17.9 Å². The van der Waals surface area contributed by atoms with Crippen LogP contribution < -0.4 is 13.8 Å². The van der Waals surface area contributed by atoms with E-state index in [1.807, 2.05) is 12.1 Å². The Kier molecular flexibility index (Phi) is 5.89. The second-order valence-corrected chi connectivity index (χ2v) is 9.73. The predicted octanol–water partition coefficient (Wildman–Crippen LogP) is 4.60. The van der Waals surface area contributed by atoms with E-state index in [-0.39, 0.29) is 6.54 Å². The predicted molar refractivity (Wildman–Crippen MR) is 112 cm³/mol. The van der Waals surface area contributed by atoms with Gasteiger partial charge < -0.3 is 9.47 Å². The fourth-order valence-corrected chi connectivity index (χ4v) is 5.11. The Hall–Kier alpha value is -2.21. The summed E-state index contributed by atoms with van der Waals surface area (Å²) >= 11 is 0. The average Bonchev–Trinajstić information content (AvgIpc) is 2.66. The van der Waals surface area contributed by atoms with E-state index in [1.165, 1.54) is 9.87 Å². The second kappa shape index (κ2) is 8.03. The first-order valence-corrected chi connectivity index (χ1v) is 11.1. The summed E-state index contributed by atoms with van der Waals surface area (Å²) in [7, 11) is -2.11. The maximum atomic E-state index is 13.5. The largest absolute Gasteiger partial charge is 0.497 e. The Labute approximate surface area is 168 Å². The van der Waals surface area contributed by atoms with Gasteiger partial charge in [-0.05, 0) is 53.6 Å². The van der Waals surface area contributed by atoms with Gasteiger partial charge in [0.15, 0.2) is 0 Å². The first-order valence-electron chi connectivity index (χ1n) is 9.70. The van der Waals surface area contributed by atoms with Crippen molar-refractivity contribution in [2.45, 2.75) is 44.9 Å². The Bertz CT molecular complexity index is 951. The van der Waals surface area contributed by atoms with Crippen LogP contribution in [0.5, 0.6) is 11.5 Å². The monoisotopic (exact) mass is 403 g/mol. The third-order valence-corrected chi connectivity index (χ3v) is 6.75. The molecule has 0 aliphatic carbocycles. The van der Waals surface area contributed by atoms with Gasteiger partial charge in [0, 0.05) is 6.07 Å². The van der Waals surface area contributed by atoms with Crippen molar-refractivity contribution in [3.63, 3.8) is 0 Å². The van der Waals surface area contributed by atoms with Gasteiger partial charge in [0.05, 0.1) is 24.2 Å². The number of hydrogen-bond donors (Lipinski definition) is 0. The van der Waals surface area contributed by atoms with E-state index in [0.717, 1.165) is 12.0 Å². The fraction of sp³-hybridized carbons (Fsp3) is 0.455.